The van der Waals surface area contributed by atoms with Gasteiger partial charge in [0.2, 0.25) is 0 Å². The monoisotopic (exact) mass is 243 g/mol. The second kappa shape index (κ2) is 5.93. The molecule has 6 heteroatoms. The summed E-state index contributed by atoms with van der Waals surface area (Å²) in [5, 5.41) is 0.907. The van der Waals surface area contributed by atoms with Gasteiger partial charge in [-0.05, 0) is 5.92 Å². The summed E-state index contributed by atoms with van der Waals surface area (Å²) in [4.78, 5) is 16.6. The van der Waals surface area contributed by atoms with E-state index in [0.29, 0.717) is 11.5 Å². The maximum absolute atomic E-state index is 11.5. The first-order valence-electron chi connectivity index (χ1n) is 5.09. The van der Waals surface area contributed by atoms with Crippen LogP contribution in [-0.4, -0.2) is 24.6 Å². The van der Waals surface area contributed by atoms with Gasteiger partial charge < -0.3 is 4.74 Å². The number of nitrogen functional groups attached to an aromatic ring is 1. The van der Waals surface area contributed by atoms with Gasteiger partial charge in [-0.1, -0.05) is 13.8 Å². The van der Waals surface area contributed by atoms with Crippen molar-refractivity contribution >= 4 is 17.2 Å². The number of nitrogens with two attached hydrogens (primary N) is 1. The molecule has 0 aliphatic heterocycles. The number of thiazole rings is 1. The minimum atomic E-state index is -0.273. The van der Waals surface area contributed by atoms with E-state index in [2.05, 4.69) is 10.4 Å². The highest BCUT2D eigenvalue weighted by atomic mass is 32.1. The maximum atomic E-state index is 11.5. The highest BCUT2D eigenvalue weighted by Gasteiger charge is 2.19. The Bertz CT molecular complexity index is 363. The van der Waals surface area contributed by atoms with Crippen LogP contribution in [0, 0.1) is 0 Å². The molecule has 0 bridgehead atoms. The van der Waals surface area contributed by atoms with Gasteiger partial charge >= 0.3 is 0 Å². The first-order chi connectivity index (χ1) is 7.60. The van der Waals surface area contributed by atoms with Crippen LogP contribution in [-0.2, 0) is 11.2 Å². The minimum absolute atomic E-state index is 0.208. The predicted octanol–water partition coefficient (Wildman–Crippen LogP) is 1.06. The summed E-state index contributed by atoms with van der Waals surface area (Å²) in [6.07, 6.45) is 0.721. The molecule has 1 aromatic heterocycles. The first-order valence-corrected chi connectivity index (χ1v) is 5.91. The number of ether oxygens (including phenoxy) is 1. The van der Waals surface area contributed by atoms with E-state index in [9.17, 15) is 4.79 Å². The zero-order valence-corrected chi connectivity index (χ0v) is 10.6. The van der Waals surface area contributed by atoms with Gasteiger partial charge in [0.1, 0.15) is 4.88 Å². The molecule has 1 aromatic rings. The molecule has 90 valence electrons. The lowest BCUT2D eigenvalue weighted by atomic mass is 10.1. The molecule has 0 aliphatic rings. The van der Waals surface area contributed by atoms with Crippen LogP contribution in [0.3, 0.4) is 0 Å². The van der Waals surface area contributed by atoms with E-state index in [1.165, 1.54) is 11.3 Å². The number of amides is 1. The normalized spacial score (nSPS) is 10.8. The summed E-state index contributed by atoms with van der Waals surface area (Å²) in [6.45, 7) is 4.61. The Kier molecular flexibility index (Phi) is 4.85. The third-order valence-corrected chi connectivity index (χ3v) is 3.23. The molecule has 3 N–H and O–H groups in total. The molecule has 0 aromatic carbocycles. The molecule has 0 aliphatic carbocycles. The third-order valence-electron chi connectivity index (χ3n) is 2.10. The van der Waals surface area contributed by atoms with Gasteiger partial charge in [-0.25, -0.2) is 10.8 Å². The van der Waals surface area contributed by atoms with Crippen molar-refractivity contribution in [3.05, 3.63) is 15.6 Å². The lowest BCUT2D eigenvalue weighted by Crippen LogP contribution is -2.30. The molecule has 0 atom stereocenters. The van der Waals surface area contributed by atoms with Crippen LogP contribution in [0.25, 0.3) is 0 Å². The van der Waals surface area contributed by atoms with Crippen molar-refractivity contribution in [2.75, 3.05) is 13.7 Å². The highest BCUT2D eigenvalue weighted by molar-refractivity contribution is 7.13. The molecule has 0 spiro atoms. The minimum Gasteiger partial charge on any atom is -0.384 e. The summed E-state index contributed by atoms with van der Waals surface area (Å²) in [5.74, 6) is 5.07. The molecule has 16 heavy (non-hydrogen) atoms. The van der Waals surface area contributed by atoms with E-state index in [-0.39, 0.29) is 11.8 Å². The fourth-order valence-corrected chi connectivity index (χ4v) is 2.40. The van der Waals surface area contributed by atoms with Crippen LogP contribution >= 0.6 is 11.3 Å². The standard InChI is InChI=1S/C10H17N3O2S/c1-6(2)8-9(10(14)13-11)16-7(12-8)4-5-15-3/h6H,4-5,11H2,1-3H3,(H,13,14). The number of hydrogen-bond donors (Lipinski definition) is 2. The van der Waals surface area contributed by atoms with Gasteiger partial charge in [0.05, 0.1) is 17.3 Å². The first kappa shape index (κ1) is 13.1. The van der Waals surface area contributed by atoms with Gasteiger partial charge in [-0.2, -0.15) is 0 Å². The zero-order valence-electron chi connectivity index (χ0n) is 9.74. The Morgan fingerprint density at radius 1 is 1.62 bits per heavy atom. The van der Waals surface area contributed by atoms with Gasteiger partial charge in [0.25, 0.3) is 5.91 Å². The van der Waals surface area contributed by atoms with Gasteiger partial charge in [-0.3, -0.25) is 10.2 Å². The topological polar surface area (TPSA) is 77.2 Å². The molecule has 0 radical (unpaired) electrons. The van der Waals surface area contributed by atoms with Crippen molar-refractivity contribution in [3.63, 3.8) is 0 Å². The average Bonchev–Trinajstić information content (AvgIpc) is 2.69. The van der Waals surface area contributed by atoms with Gasteiger partial charge in [-0.15, -0.1) is 11.3 Å². The molecule has 1 rings (SSSR count). The van der Waals surface area contributed by atoms with E-state index >= 15 is 0 Å². The van der Waals surface area contributed by atoms with Crippen molar-refractivity contribution in [3.8, 4) is 0 Å². The Morgan fingerprint density at radius 2 is 2.31 bits per heavy atom. The lowest BCUT2D eigenvalue weighted by Gasteiger charge is -2.02. The highest BCUT2D eigenvalue weighted by Crippen LogP contribution is 2.25. The summed E-state index contributed by atoms with van der Waals surface area (Å²) in [7, 11) is 1.64. The van der Waals surface area contributed by atoms with Gasteiger partial charge in [0, 0.05) is 13.5 Å². The van der Waals surface area contributed by atoms with E-state index in [4.69, 9.17) is 10.6 Å². The van der Waals surface area contributed by atoms with E-state index in [0.717, 1.165) is 17.1 Å². The Morgan fingerprint density at radius 3 is 2.81 bits per heavy atom. The largest absolute Gasteiger partial charge is 0.384 e. The zero-order chi connectivity index (χ0) is 12.1. The quantitative estimate of drug-likeness (QED) is 0.460. The number of carbonyl (C=O) groups excluding carboxylic acids is 1. The van der Waals surface area contributed by atoms with Crippen LogP contribution in [0.1, 0.15) is 40.1 Å². The lowest BCUT2D eigenvalue weighted by molar-refractivity contribution is 0.0956. The molecule has 0 unspecified atom stereocenters. The maximum Gasteiger partial charge on any atom is 0.277 e. The van der Waals surface area contributed by atoms with Gasteiger partial charge in [0.15, 0.2) is 0 Å². The SMILES string of the molecule is COCCc1nc(C(C)C)c(C(=O)NN)s1. The number of nitrogens with one attached hydrogen (secondary N) is 1. The number of nitrogens with zero attached hydrogens (tertiary/aromatic N) is 1. The fraction of sp³-hybridized carbons (Fsp3) is 0.600. The fourth-order valence-electron chi connectivity index (χ4n) is 1.29. The third kappa shape index (κ3) is 3.01. The van der Waals surface area contributed by atoms with E-state index in [1.54, 1.807) is 7.11 Å². The van der Waals surface area contributed by atoms with E-state index in [1.807, 2.05) is 13.8 Å². The molecular formula is C10H17N3O2S. The summed E-state index contributed by atoms with van der Waals surface area (Å²) in [5.41, 5.74) is 2.95. The van der Waals surface area contributed by atoms with E-state index < -0.39 is 0 Å². The number of rotatable bonds is 5. The Labute approximate surface area is 99.0 Å². The Hall–Kier alpha value is -0.980. The summed E-state index contributed by atoms with van der Waals surface area (Å²) >= 11 is 1.38. The van der Waals surface area contributed by atoms with Crippen molar-refractivity contribution in [2.45, 2.75) is 26.2 Å². The van der Waals surface area contributed by atoms with Crippen LogP contribution in [0.15, 0.2) is 0 Å². The molecule has 0 saturated heterocycles. The van der Waals surface area contributed by atoms with Crippen LogP contribution in [0.5, 0.6) is 0 Å². The predicted molar refractivity (Wildman–Crippen MR) is 63.4 cm³/mol. The summed E-state index contributed by atoms with van der Waals surface area (Å²) in [6, 6.07) is 0. The smallest absolute Gasteiger partial charge is 0.277 e. The number of hydrogen-bond acceptors (Lipinski definition) is 5. The average molecular weight is 243 g/mol. The molecule has 0 fully saturated rings. The van der Waals surface area contributed by atoms with Crippen molar-refractivity contribution < 1.29 is 9.53 Å². The molecule has 5 nitrogen and oxygen atoms in total. The number of carbonyl (C=O) groups is 1. The number of methoxy groups -OCH3 is 1. The van der Waals surface area contributed by atoms with Crippen LogP contribution in [0.4, 0.5) is 0 Å². The molecule has 1 amide bonds. The number of aromatic nitrogens is 1. The van der Waals surface area contributed by atoms with Crippen LogP contribution < -0.4 is 11.3 Å². The van der Waals surface area contributed by atoms with Crippen molar-refractivity contribution in [1.29, 1.82) is 0 Å². The molecular weight excluding hydrogens is 226 g/mol. The second-order valence-corrected chi connectivity index (χ2v) is 4.78. The number of hydrazine groups is 1. The Balaban J connectivity index is 2.95. The molecule has 0 saturated carbocycles. The van der Waals surface area contributed by atoms with Crippen molar-refractivity contribution in [1.82, 2.24) is 10.4 Å². The second-order valence-electron chi connectivity index (χ2n) is 3.69. The van der Waals surface area contributed by atoms with Crippen LogP contribution in [0.2, 0.25) is 0 Å². The summed E-state index contributed by atoms with van der Waals surface area (Å²) < 4.78 is 4.98. The van der Waals surface area contributed by atoms with Crippen molar-refractivity contribution in [2.24, 2.45) is 5.84 Å². The molecule has 1 heterocycles.